The Morgan fingerprint density at radius 3 is 2.67 bits per heavy atom. The predicted molar refractivity (Wildman–Crippen MR) is 89.3 cm³/mol. The molecule has 2 aromatic rings. The van der Waals surface area contributed by atoms with Crippen molar-refractivity contribution in [2.24, 2.45) is 5.92 Å². The average Bonchev–Trinajstić information content (AvgIpc) is 2.52. The molecule has 1 aromatic heterocycles. The van der Waals surface area contributed by atoms with Crippen molar-refractivity contribution in [1.82, 2.24) is 10.3 Å². The monoisotopic (exact) mass is 348 g/mol. The summed E-state index contributed by atoms with van der Waals surface area (Å²) in [6.45, 7) is 0. The molecule has 1 fully saturated rings. The lowest BCUT2D eigenvalue weighted by molar-refractivity contribution is 0.0239. The molecule has 4 nitrogen and oxygen atoms in total. The summed E-state index contributed by atoms with van der Waals surface area (Å²) in [6.07, 6.45) is 4.90. The number of amides is 1. The number of carbonyl (C=O) groups excluding carboxylic acids is 1. The first-order chi connectivity index (χ1) is 11.5. The van der Waals surface area contributed by atoms with E-state index < -0.39 is 11.7 Å². The average molecular weight is 349 g/mol. The van der Waals surface area contributed by atoms with Crippen molar-refractivity contribution < 1.29 is 14.3 Å². The molecule has 126 valence electrons. The minimum absolute atomic E-state index is 0.0869. The zero-order chi connectivity index (χ0) is 17.1. The lowest BCUT2D eigenvalue weighted by Gasteiger charge is -2.38. The van der Waals surface area contributed by atoms with Gasteiger partial charge in [-0.1, -0.05) is 17.7 Å². The van der Waals surface area contributed by atoms with Crippen LogP contribution in [0.15, 0.2) is 42.7 Å². The summed E-state index contributed by atoms with van der Waals surface area (Å²) >= 11 is 5.97. The highest BCUT2D eigenvalue weighted by Crippen LogP contribution is 2.32. The maximum Gasteiger partial charge on any atom is 0.256 e. The molecule has 0 unspecified atom stereocenters. The van der Waals surface area contributed by atoms with E-state index >= 15 is 0 Å². The van der Waals surface area contributed by atoms with E-state index in [1.165, 1.54) is 18.2 Å². The number of hydrogen-bond donors (Lipinski definition) is 2. The normalized spacial score (nSPS) is 21.0. The molecule has 0 aliphatic heterocycles. The molecule has 6 heteroatoms. The minimum atomic E-state index is -0.642. The Labute approximate surface area is 144 Å². The third-order valence-corrected chi connectivity index (χ3v) is 4.74. The second kappa shape index (κ2) is 7.28. The molecule has 3 rings (SSSR count). The summed E-state index contributed by atoms with van der Waals surface area (Å²) in [7, 11) is 0. The van der Waals surface area contributed by atoms with E-state index in [1.807, 2.05) is 12.1 Å². The SMILES string of the molecule is O=C(N[C@H](Cc1ccncc1)C1CC(O)C1)c1c(F)cccc1Cl. The number of nitrogens with zero attached hydrogens (tertiary/aromatic N) is 1. The fraction of sp³-hybridized carbons (Fsp3) is 0.333. The quantitative estimate of drug-likeness (QED) is 0.873. The Bertz CT molecular complexity index is 700. The van der Waals surface area contributed by atoms with Gasteiger partial charge in [-0.2, -0.15) is 0 Å². The van der Waals surface area contributed by atoms with Gasteiger partial charge in [0.15, 0.2) is 0 Å². The van der Waals surface area contributed by atoms with Gasteiger partial charge < -0.3 is 10.4 Å². The van der Waals surface area contributed by atoms with Crippen molar-refractivity contribution in [3.05, 3.63) is 64.7 Å². The van der Waals surface area contributed by atoms with E-state index in [-0.39, 0.29) is 28.6 Å². The number of aliphatic hydroxyl groups is 1. The first-order valence-electron chi connectivity index (χ1n) is 7.86. The van der Waals surface area contributed by atoms with Gasteiger partial charge in [0.2, 0.25) is 0 Å². The molecule has 1 atom stereocenters. The Morgan fingerprint density at radius 2 is 2.04 bits per heavy atom. The van der Waals surface area contributed by atoms with Crippen LogP contribution in [-0.2, 0) is 6.42 Å². The third kappa shape index (κ3) is 3.74. The second-order valence-electron chi connectivity index (χ2n) is 6.12. The maximum absolute atomic E-state index is 13.9. The van der Waals surface area contributed by atoms with Crippen molar-refractivity contribution in [2.75, 3.05) is 0 Å². The summed E-state index contributed by atoms with van der Waals surface area (Å²) in [4.78, 5) is 16.5. The lowest BCUT2D eigenvalue weighted by atomic mass is 9.75. The first kappa shape index (κ1) is 16.9. The van der Waals surface area contributed by atoms with Crippen LogP contribution in [0.25, 0.3) is 0 Å². The van der Waals surface area contributed by atoms with Crippen LogP contribution in [0.3, 0.4) is 0 Å². The minimum Gasteiger partial charge on any atom is -0.393 e. The molecular formula is C18H18ClFN2O2. The van der Waals surface area contributed by atoms with E-state index in [1.54, 1.807) is 12.4 Å². The molecule has 1 saturated carbocycles. The number of hydrogen-bond acceptors (Lipinski definition) is 3. The van der Waals surface area contributed by atoms with Gasteiger partial charge in [0.1, 0.15) is 5.82 Å². The molecule has 1 amide bonds. The number of benzene rings is 1. The van der Waals surface area contributed by atoms with Crippen LogP contribution >= 0.6 is 11.6 Å². The number of halogens is 2. The molecule has 24 heavy (non-hydrogen) atoms. The summed E-state index contributed by atoms with van der Waals surface area (Å²) < 4.78 is 13.9. The number of pyridine rings is 1. The van der Waals surface area contributed by atoms with Crippen LogP contribution < -0.4 is 5.32 Å². The van der Waals surface area contributed by atoms with E-state index in [9.17, 15) is 14.3 Å². The summed E-state index contributed by atoms with van der Waals surface area (Å²) in [6, 6.07) is 7.73. The Morgan fingerprint density at radius 1 is 1.33 bits per heavy atom. The standard InChI is InChI=1S/C18H18ClFN2O2/c19-14-2-1-3-15(20)17(14)18(24)22-16(12-9-13(23)10-12)8-11-4-6-21-7-5-11/h1-7,12-13,16,23H,8-10H2,(H,22,24)/t12?,13?,16-/m1/s1. The maximum atomic E-state index is 13.9. The second-order valence-corrected chi connectivity index (χ2v) is 6.53. The van der Waals surface area contributed by atoms with Gasteiger partial charge in [-0.3, -0.25) is 9.78 Å². The summed E-state index contributed by atoms with van der Waals surface area (Å²) in [5.41, 5.74) is 0.884. The molecule has 1 aliphatic rings. The number of rotatable bonds is 5. The van der Waals surface area contributed by atoms with E-state index in [0.29, 0.717) is 19.3 Å². The van der Waals surface area contributed by atoms with Gasteiger partial charge in [-0.05, 0) is 55.0 Å². The lowest BCUT2D eigenvalue weighted by Crippen LogP contribution is -2.48. The molecule has 1 heterocycles. The van der Waals surface area contributed by atoms with Crippen LogP contribution in [0.5, 0.6) is 0 Å². The van der Waals surface area contributed by atoms with Gasteiger partial charge in [0.05, 0.1) is 16.7 Å². The number of carbonyl (C=O) groups is 1. The van der Waals surface area contributed by atoms with Crippen LogP contribution in [0.2, 0.25) is 5.02 Å². The zero-order valence-electron chi connectivity index (χ0n) is 13.0. The van der Waals surface area contributed by atoms with Gasteiger partial charge >= 0.3 is 0 Å². The van der Waals surface area contributed by atoms with Crippen molar-refractivity contribution >= 4 is 17.5 Å². The highest BCUT2D eigenvalue weighted by atomic mass is 35.5. The van der Waals surface area contributed by atoms with E-state index in [2.05, 4.69) is 10.3 Å². The van der Waals surface area contributed by atoms with Gasteiger partial charge in [0, 0.05) is 18.4 Å². The molecule has 0 spiro atoms. The van der Waals surface area contributed by atoms with Crippen molar-refractivity contribution in [1.29, 1.82) is 0 Å². The van der Waals surface area contributed by atoms with Crippen LogP contribution in [0, 0.1) is 11.7 Å². The van der Waals surface area contributed by atoms with Crippen molar-refractivity contribution in [3.8, 4) is 0 Å². The third-order valence-electron chi connectivity index (χ3n) is 4.43. The fourth-order valence-corrected chi connectivity index (χ4v) is 3.27. The number of aromatic nitrogens is 1. The van der Waals surface area contributed by atoms with Gasteiger partial charge in [-0.25, -0.2) is 4.39 Å². The fourth-order valence-electron chi connectivity index (χ4n) is 3.02. The molecule has 1 aliphatic carbocycles. The molecule has 1 aromatic carbocycles. The van der Waals surface area contributed by atoms with Crippen molar-refractivity contribution in [2.45, 2.75) is 31.4 Å². The molecular weight excluding hydrogens is 331 g/mol. The molecule has 0 radical (unpaired) electrons. The Hall–Kier alpha value is -1.98. The Kier molecular flexibility index (Phi) is 5.11. The van der Waals surface area contributed by atoms with E-state index in [4.69, 9.17) is 11.6 Å². The topological polar surface area (TPSA) is 62.2 Å². The largest absolute Gasteiger partial charge is 0.393 e. The molecule has 2 N–H and O–H groups in total. The first-order valence-corrected chi connectivity index (χ1v) is 8.24. The number of nitrogens with one attached hydrogen (secondary N) is 1. The summed E-state index contributed by atoms with van der Waals surface area (Å²) in [5, 5.41) is 12.5. The van der Waals surface area contributed by atoms with Gasteiger partial charge in [0.25, 0.3) is 5.91 Å². The van der Waals surface area contributed by atoms with Crippen LogP contribution in [-0.4, -0.2) is 28.1 Å². The highest BCUT2D eigenvalue weighted by molar-refractivity contribution is 6.33. The smallest absolute Gasteiger partial charge is 0.256 e. The van der Waals surface area contributed by atoms with E-state index in [0.717, 1.165) is 5.56 Å². The van der Waals surface area contributed by atoms with Crippen LogP contribution in [0.1, 0.15) is 28.8 Å². The molecule has 0 bridgehead atoms. The van der Waals surface area contributed by atoms with Crippen molar-refractivity contribution in [3.63, 3.8) is 0 Å². The number of aliphatic hydroxyl groups excluding tert-OH is 1. The zero-order valence-corrected chi connectivity index (χ0v) is 13.7. The Balaban J connectivity index is 1.77. The molecule has 0 saturated heterocycles. The highest BCUT2D eigenvalue weighted by Gasteiger charge is 2.35. The predicted octanol–water partition coefficient (Wildman–Crippen LogP) is 2.99. The van der Waals surface area contributed by atoms with Crippen LogP contribution in [0.4, 0.5) is 4.39 Å². The summed E-state index contributed by atoms with van der Waals surface area (Å²) in [5.74, 6) is -1.02. The van der Waals surface area contributed by atoms with Gasteiger partial charge in [-0.15, -0.1) is 0 Å².